The van der Waals surface area contributed by atoms with Gasteiger partial charge in [-0.1, -0.05) is 35.1 Å². The topological polar surface area (TPSA) is 124 Å². The maximum atomic E-state index is 11.9. The van der Waals surface area contributed by atoms with Crippen LogP contribution < -0.4 is 20.1 Å². The molecule has 0 atom stereocenters. The number of hydrogen-bond donors (Lipinski definition) is 2. The van der Waals surface area contributed by atoms with Crippen LogP contribution >= 0.6 is 22.9 Å². The van der Waals surface area contributed by atoms with Crippen molar-refractivity contribution in [1.29, 1.82) is 0 Å². The number of fused-ring (bicyclic) bond motifs is 1. The molecule has 4 rings (SSSR count). The van der Waals surface area contributed by atoms with Crippen molar-refractivity contribution >= 4 is 61.3 Å². The maximum Gasteiger partial charge on any atom is 0.353 e. The number of rotatable bonds is 7. The van der Waals surface area contributed by atoms with E-state index in [4.69, 9.17) is 21.1 Å². The van der Waals surface area contributed by atoms with Crippen LogP contribution in [0.3, 0.4) is 0 Å². The van der Waals surface area contributed by atoms with E-state index in [0.29, 0.717) is 27.3 Å². The number of halogens is 1. The second-order valence-corrected chi connectivity index (χ2v) is 7.54. The number of anilines is 4. The van der Waals surface area contributed by atoms with Crippen LogP contribution in [0.2, 0.25) is 5.02 Å². The highest BCUT2D eigenvalue weighted by molar-refractivity contribution is 7.22. The van der Waals surface area contributed by atoms with Gasteiger partial charge >= 0.3 is 5.69 Å². The molecular weight excluding hydrogens is 444 g/mol. The Morgan fingerprint density at radius 1 is 1.06 bits per heavy atom. The summed E-state index contributed by atoms with van der Waals surface area (Å²) in [6.07, 6.45) is 1.21. The Morgan fingerprint density at radius 2 is 1.77 bits per heavy atom. The van der Waals surface area contributed by atoms with Crippen molar-refractivity contribution in [3.05, 3.63) is 57.9 Å². The molecular formula is C19H15ClN6O4S. The van der Waals surface area contributed by atoms with Gasteiger partial charge in [0.1, 0.15) is 17.8 Å². The van der Waals surface area contributed by atoms with Crippen molar-refractivity contribution in [2.24, 2.45) is 0 Å². The van der Waals surface area contributed by atoms with Crippen LogP contribution in [0, 0.1) is 10.1 Å². The second-order valence-electron chi connectivity index (χ2n) is 6.10. The standard InChI is InChI=1S/C19H15ClN6O4S/c1-29-13-8-14(30-2)12(7-10(13)20)23-17-16(26(27)28)18(22-9-21-17)25-19-24-11-5-3-4-6-15(11)31-19/h3-9H,1-2H3,(H2,21,22,23,24,25). The van der Waals surface area contributed by atoms with Gasteiger partial charge in [0.2, 0.25) is 11.6 Å². The third-order valence-electron chi connectivity index (χ3n) is 4.25. The summed E-state index contributed by atoms with van der Waals surface area (Å²) in [6, 6.07) is 10.6. The number of thiazole rings is 1. The molecule has 0 amide bonds. The number of benzene rings is 2. The molecule has 2 aromatic heterocycles. The highest BCUT2D eigenvalue weighted by atomic mass is 35.5. The molecule has 0 saturated carbocycles. The van der Waals surface area contributed by atoms with Crippen LogP contribution in [0.4, 0.5) is 28.1 Å². The Kier molecular flexibility index (Phi) is 5.69. The minimum atomic E-state index is -0.574. The lowest BCUT2D eigenvalue weighted by Crippen LogP contribution is -2.06. The highest BCUT2D eigenvalue weighted by Crippen LogP contribution is 2.40. The van der Waals surface area contributed by atoms with E-state index in [1.165, 1.54) is 38.0 Å². The Morgan fingerprint density at radius 3 is 2.45 bits per heavy atom. The summed E-state index contributed by atoms with van der Waals surface area (Å²) < 4.78 is 11.5. The van der Waals surface area contributed by atoms with Crippen molar-refractivity contribution < 1.29 is 14.4 Å². The van der Waals surface area contributed by atoms with Gasteiger partial charge in [0.25, 0.3) is 0 Å². The number of para-hydroxylation sites is 1. The molecule has 0 bridgehead atoms. The van der Waals surface area contributed by atoms with Crippen molar-refractivity contribution in [3.8, 4) is 11.5 Å². The van der Waals surface area contributed by atoms with Gasteiger partial charge in [-0.3, -0.25) is 10.1 Å². The van der Waals surface area contributed by atoms with E-state index in [9.17, 15) is 10.1 Å². The minimum Gasteiger partial charge on any atom is -0.495 e. The minimum absolute atomic E-state index is 0.000122. The van der Waals surface area contributed by atoms with Gasteiger partial charge in [-0.05, 0) is 18.2 Å². The summed E-state index contributed by atoms with van der Waals surface area (Å²) in [5.41, 5.74) is 0.805. The van der Waals surface area contributed by atoms with Crippen molar-refractivity contribution in [3.63, 3.8) is 0 Å². The molecule has 4 aromatic rings. The third kappa shape index (κ3) is 4.13. The molecule has 0 radical (unpaired) electrons. The van der Waals surface area contributed by atoms with Crippen LogP contribution in [0.15, 0.2) is 42.7 Å². The number of ether oxygens (including phenoxy) is 2. The quantitative estimate of drug-likeness (QED) is 0.285. The van der Waals surface area contributed by atoms with E-state index < -0.39 is 4.92 Å². The Hall–Kier alpha value is -3.70. The van der Waals surface area contributed by atoms with Gasteiger partial charge < -0.3 is 20.1 Å². The first-order valence-corrected chi connectivity index (χ1v) is 10.00. The van der Waals surface area contributed by atoms with Crippen LogP contribution in [-0.4, -0.2) is 34.1 Å². The Labute approximate surface area is 185 Å². The lowest BCUT2D eigenvalue weighted by Gasteiger charge is -2.14. The van der Waals surface area contributed by atoms with Crippen LogP contribution in [0.5, 0.6) is 11.5 Å². The molecule has 0 aliphatic carbocycles. The molecule has 2 N–H and O–H groups in total. The van der Waals surface area contributed by atoms with Gasteiger partial charge in [-0.25, -0.2) is 15.0 Å². The van der Waals surface area contributed by atoms with Gasteiger partial charge in [0.05, 0.1) is 40.1 Å². The zero-order valence-corrected chi connectivity index (χ0v) is 17.8. The molecule has 158 valence electrons. The van der Waals surface area contributed by atoms with E-state index in [-0.39, 0.29) is 17.3 Å². The lowest BCUT2D eigenvalue weighted by atomic mass is 10.2. The number of aromatic nitrogens is 3. The summed E-state index contributed by atoms with van der Waals surface area (Å²) in [4.78, 5) is 23.8. The zero-order valence-electron chi connectivity index (χ0n) is 16.2. The van der Waals surface area contributed by atoms with E-state index in [1.54, 1.807) is 6.07 Å². The van der Waals surface area contributed by atoms with E-state index in [0.717, 1.165) is 10.2 Å². The molecule has 0 aliphatic rings. The van der Waals surface area contributed by atoms with Gasteiger partial charge in [-0.2, -0.15) is 0 Å². The zero-order chi connectivity index (χ0) is 22.0. The Bertz CT molecular complexity index is 1250. The number of nitrogens with zero attached hydrogens (tertiary/aromatic N) is 4. The largest absolute Gasteiger partial charge is 0.495 e. The molecule has 2 heterocycles. The average Bonchev–Trinajstić information content (AvgIpc) is 3.16. The SMILES string of the molecule is COc1cc(OC)c(Nc2ncnc(Nc3nc4ccccc4s3)c2[N+](=O)[O-])cc1Cl. The molecule has 0 saturated heterocycles. The Balaban J connectivity index is 1.73. The van der Waals surface area contributed by atoms with Crippen LogP contribution in [-0.2, 0) is 0 Å². The average molecular weight is 459 g/mol. The predicted octanol–water partition coefficient (Wildman–Crippen LogP) is 5.15. The molecule has 2 aromatic carbocycles. The first-order chi connectivity index (χ1) is 15.0. The molecule has 10 nitrogen and oxygen atoms in total. The summed E-state index contributed by atoms with van der Waals surface area (Å²) in [5, 5.41) is 18.5. The smallest absolute Gasteiger partial charge is 0.353 e. The summed E-state index contributed by atoms with van der Waals surface area (Å²) >= 11 is 7.56. The third-order valence-corrected chi connectivity index (χ3v) is 5.50. The number of methoxy groups -OCH3 is 2. The first-order valence-electron chi connectivity index (χ1n) is 8.80. The highest BCUT2D eigenvalue weighted by Gasteiger charge is 2.25. The predicted molar refractivity (Wildman–Crippen MR) is 119 cm³/mol. The summed E-state index contributed by atoms with van der Waals surface area (Å²) in [6.45, 7) is 0. The van der Waals surface area contributed by atoms with E-state index in [2.05, 4.69) is 25.6 Å². The molecule has 0 unspecified atom stereocenters. The molecule has 0 spiro atoms. The number of hydrogen-bond acceptors (Lipinski definition) is 10. The molecule has 0 fully saturated rings. The van der Waals surface area contributed by atoms with Gasteiger partial charge in [0, 0.05) is 6.07 Å². The second kappa shape index (κ2) is 8.58. The summed E-state index contributed by atoms with van der Waals surface area (Å²) in [7, 11) is 2.94. The van der Waals surface area contributed by atoms with Crippen LogP contribution in [0.25, 0.3) is 10.2 Å². The monoisotopic (exact) mass is 458 g/mol. The first kappa shape index (κ1) is 20.6. The fraction of sp³-hybridized carbons (Fsp3) is 0.105. The molecule has 31 heavy (non-hydrogen) atoms. The van der Waals surface area contributed by atoms with E-state index >= 15 is 0 Å². The number of nitrogens with one attached hydrogen (secondary N) is 2. The van der Waals surface area contributed by atoms with Crippen molar-refractivity contribution in [2.45, 2.75) is 0 Å². The lowest BCUT2D eigenvalue weighted by molar-refractivity contribution is -0.383. The molecule has 12 heteroatoms. The van der Waals surface area contributed by atoms with Gasteiger partial charge in [-0.15, -0.1) is 0 Å². The van der Waals surface area contributed by atoms with Crippen LogP contribution in [0.1, 0.15) is 0 Å². The van der Waals surface area contributed by atoms with Crippen molar-refractivity contribution in [2.75, 3.05) is 24.9 Å². The normalized spacial score (nSPS) is 10.7. The fourth-order valence-corrected chi connectivity index (χ4v) is 3.95. The van der Waals surface area contributed by atoms with Crippen molar-refractivity contribution in [1.82, 2.24) is 15.0 Å². The summed E-state index contributed by atoms with van der Waals surface area (Å²) in [5.74, 6) is 0.734. The van der Waals surface area contributed by atoms with Gasteiger partial charge in [0.15, 0.2) is 5.13 Å². The van der Waals surface area contributed by atoms with E-state index in [1.807, 2.05) is 24.3 Å². The molecule has 0 aliphatic heterocycles. The maximum absolute atomic E-state index is 11.9. The number of nitro groups is 1. The fourth-order valence-electron chi connectivity index (χ4n) is 2.85.